The Balaban J connectivity index is 0.000000172. The highest BCUT2D eigenvalue weighted by Crippen LogP contribution is 2.48. The number of halogens is 6. The number of rotatable bonds is 26. The van der Waals surface area contributed by atoms with E-state index in [2.05, 4.69) is 0 Å². The van der Waals surface area contributed by atoms with E-state index in [9.17, 15) is 61.4 Å². The van der Waals surface area contributed by atoms with Gasteiger partial charge in [-0.3, -0.25) is 43.2 Å². The van der Waals surface area contributed by atoms with Gasteiger partial charge in [0.05, 0.1) is 66.7 Å². The van der Waals surface area contributed by atoms with E-state index < -0.39 is 73.8 Å². The lowest BCUT2D eigenvalue weighted by Gasteiger charge is -2.56. The van der Waals surface area contributed by atoms with Crippen molar-refractivity contribution in [1.29, 1.82) is 0 Å². The maximum atomic E-state index is 14.4. The zero-order valence-electron chi connectivity index (χ0n) is 64.8. The molecular formula is C91H96Cl3F3N6O15. The fourth-order valence-corrected chi connectivity index (χ4v) is 17.5. The van der Waals surface area contributed by atoms with Crippen LogP contribution in [-0.2, 0) is 68.2 Å². The topological polar surface area (TPSA) is 245 Å². The van der Waals surface area contributed by atoms with E-state index >= 15 is 0 Å². The third-order valence-corrected chi connectivity index (χ3v) is 23.9. The summed E-state index contributed by atoms with van der Waals surface area (Å²) in [6, 6.07) is 41.6. The molecule has 118 heavy (non-hydrogen) atoms. The van der Waals surface area contributed by atoms with Crippen LogP contribution in [0.5, 0.6) is 17.2 Å². The Bertz CT molecular complexity index is 5210. The minimum atomic E-state index is -0.669. The van der Waals surface area contributed by atoms with Crippen LogP contribution in [0.4, 0.5) is 13.2 Å². The fourth-order valence-electron chi connectivity index (χ4n) is 17.0. The van der Waals surface area contributed by atoms with E-state index in [1.807, 2.05) is 112 Å². The van der Waals surface area contributed by atoms with E-state index in [4.69, 9.17) is 58.5 Å². The molecule has 0 unspecified atom stereocenters. The number of pyridine rings is 3. The van der Waals surface area contributed by atoms with Gasteiger partial charge < -0.3 is 57.2 Å². The van der Waals surface area contributed by atoms with Crippen LogP contribution in [0.15, 0.2) is 179 Å². The molecule has 0 bridgehead atoms. The van der Waals surface area contributed by atoms with Crippen molar-refractivity contribution in [3.05, 3.63) is 295 Å². The average molecular weight is 1680 g/mol. The van der Waals surface area contributed by atoms with Gasteiger partial charge in [0, 0.05) is 91.3 Å². The van der Waals surface area contributed by atoms with Gasteiger partial charge >= 0.3 is 0 Å². The van der Waals surface area contributed by atoms with Gasteiger partial charge in [-0.15, -0.1) is 0 Å². The number of ether oxygens (including phenoxy) is 5. The van der Waals surface area contributed by atoms with Crippen molar-refractivity contribution >= 4 is 69.9 Å². The molecule has 21 nitrogen and oxygen atoms in total. The highest BCUT2D eigenvalue weighted by atomic mass is 35.5. The van der Waals surface area contributed by atoms with Crippen molar-refractivity contribution in [3.63, 3.8) is 0 Å². The number of aliphatic hydroxyl groups is 1. The number of aryl methyl sites for hydroxylation is 3. The number of aliphatic hydroxyl groups excluding tert-OH is 1. The number of ketones is 3. The monoisotopic (exact) mass is 1670 g/mol. The molecule has 3 saturated carbocycles. The molecule has 3 aliphatic carbocycles. The van der Waals surface area contributed by atoms with Crippen molar-refractivity contribution in [1.82, 2.24) is 28.4 Å². The molecule has 0 saturated heterocycles. The first kappa shape index (κ1) is 88.3. The van der Waals surface area contributed by atoms with Crippen LogP contribution in [-0.4, -0.2) is 137 Å². The van der Waals surface area contributed by atoms with Crippen LogP contribution in [0.1, 0.15) is 189 Å². The zero-order valence-corrected chi connectivity index (χ0v) is 67.1. The van der Waals surface area contributed by atoms with E-state index in [1.165, 1.54) is 36.8 Å². The molecule has 3 fully saturated rings. The fraction of sp³-hybridized carbons (Fsp3) is 0.374. The normalized spacial score (nSPS) is 19.8. The molecule has 0 radical (unpaired) electrons. The highest BCUT2D eigenvalue weighted by Gasteiger charge is 2.57. The van der Waals surface area contributed by atoms with Gasteiger partial charge in [0.15, 0.2) is 51.7 Å². The van der Waals surface area contributed by atoms with Crippen molar-refractivity contribution in [2.75, 3.05) is 33.9 Å². The van der Waals surface area contributed by atoms with Gasteiger partial charge in [-0.2, -0.15) is 0 Å². The maximum Gasteiger partial charge on any atom is 0.275 e. The van der Waals surface area contributed by atoms with E-state index in [-0.39, 0.29) is 175 Å². The summed E-state index contributed by atoms with van der Waals surface area (Å²) in [5.74, 6) is -4.58. The molecule has 0 atom stereocenters. The lowest BCUT2D eigenvalue weighted by molar-refractivity contribution is -0.0915. The lowest BCUT2D eigenvalue weighted by atomic mass is 9.71. The summed E-state index contributed by atoms with van der Waals surface area (Å²) in [5.41, 5.74) is -0.0760. The zero-order chi connectivity index (χ0) is 82.5. The minimum Gasteiger partial charge on any atom is -0.483 e. The van der Waals surface area contributed by atoms with Gasteiger partial charge in [0.1, 0.15) is 37.3 Å². The van der Waals surface area contributed by atoms with Crippen LogP contribution in [0, 0.1) is 17.5 Å². The first-order valence-corrected chi connectivity index (χ1v) is 39.8. The molecule has 27 heteroatoms. The highest BCUT2D eigenvalue weighted by molar-refractivity contribution is 6.31. The van der Waals surface area contributed by atoms with E-state index in [0.717, 1.165) is 16.7 Å². The van der Waals surface area contributed by atoms with Gasteiger partial charge in [0.25, 0.3) is 17.7 Å². The van der Waals surface area contributed by atoms with Gasteiger partial charge in [-0.25, -0.2) is 13.2 Å². The largest absolute Gasteiger partial charge is 0.483 e. The Morgan fingerprint density at radius 2 is 0.669 bits per heavy atom. The Hall–Kier alpha value is -10.5. The number of Topliss-reactive ketones (excluding diaryl/α,β-unsaturated/α-hetero) is 3. The Morgan fingerprint density at radius 3 is 0.915 bits per heavy atom. The molecular weight excluding hydrogens is 1580 g/mol. The molecule has 6 heterocycles. The summed E-state index contributed by atoms with van der Waals surface area (Å²) < 4.78 is 77.1. The summed E-state index contributed by atoms with van der Waals surface area (Å²) in [6.07, 6.45) is 7.27. The molecule has 3 aliphatic heterocycles. The number of carbonyl (C=O) groups is 6. The quantitative estimate of drug-likeness (QED) is 0.0495. The van der Waals surface area contributed by atoms with Crippen molar-refractivity contribution in [2.45, 2.75) is 187 Å². The first-order chi connectivity index (χ1) is 55.8. The van der Waals surface area contributed by atoms with Crippen LogP contribution in [0.3, 0.4) is 0 Å². The molecule has 6 aliphatic rings. The number of nitrogens with zero attached hydrogens (tertiary/aromatic N) is 6. The maximum absolute atomic E-state index is 14.4. The Labute approximate surface area is 697 Å². The second-order valence-corrected chi connectivity index (χ2v) is 31.4. The number of aromatic nitrogens is 3. The Morgan fingerprint density at radius 1 is 0.407 bits per heavy atom. The number of amides is 3. The smallest absolute Gasteiger partial charge is 0.275 e. The van der Waals surface area contributed by atoms with Crippen molar-refractivity contribution < 1.29 is 70.7 Å². The molecule has 3 amide bonds. The molecule has 15 rings (SSSR count). The number of likely N-dealkylation sites (N-methyl/N-ethyl adjacent to an activating group) is 3. The standard InChI is InChI=1S/2C30H30ClFN2O5.C29H28ClFN2O5.2CH4/c2*1-3-34-29(37)26-28(39-17-19-8-5-4-6-9-19)27(36)22(16-33(26)18-30(34)14-21(15-30)38-2)24(35)13-12-20-10-7-11-23(31)25(20)32;1-2-33-28(37)25-27(38-16-18-7-4-3-5-8-18)26(36)21(15-32(25)17-29(33)13-20(34)14-29)23(35)12-11-19-9-6-10-22(30)24(19)31;;/h2*4-11,16,21H,3,12-15,17-18H2,1-2H3;3-10,15,20,34H,2,11-14,16-17H2,1H3;2*1H4. The number of methoxy groups -OCH3 is 2. The van der Waals surface area contributed by atoms with Gasteiger partial charge in [-0.05, 0) is 130 Å². The molecule has 3 spiro atoms. The summed E-state index contributed by atoms with van der Waals surface area (Å²) in [4.78, 5) is 127. The summed E-state index contributed by atoms with van der Waals surface area (Å²) in [5, 5.41) is 9.99. The van der Waals surface area contributed by atoms with Gasteiger partial charge in [0.2, 0.25) is 16.3 Å². The molecule has 9 aromatic rings. The SMILES string of the molecule is C.C.CCN1C(=O)c2c(OCc3ccccc3)c(=O)c(C(=O)CCc3cccc(Cl)c3F)cn2CC12CC(O)C2.CCN1C(=O)c2c(OCc3ccccc3)c(=O)c(C(=O)CCc3cccc(Cl)c3F)cn2CC12CC(OC)C2.CCN1C(=O)c2c(OCc3ccccc3)c(=O)c(C(=O)CCc3cccc(Cl)c3F)cn2CC12CC(OC)C2. The molecule has 622 valence electrons. The number of fused-ring (bicyclic) bond motifs is 3. The van der Waals surface area contributed by atoms with Crippen molar-refractivity contribution in [3.8, 4) is 17.2 Å². The molecule has 6 aromatic carbocycles. The van der Waals surface area contributed by atoms with Crippen LogP contribution in [0.25, 0.3) is 0 Å². The summed E-state index contributed by atoms with van der Waals surface area (Å²) in [7, 11) is 3.30. The number of hydrogen-bond donors (Lipinski definition) is 1. The predicted molar refractivity (Wildman–Crippen MR) is 444 cm³/mol. The number of hydrogen-bond acceptors (Lipinski definition) is 15. The lowest BCUT2D eigenvalue weighted by Crippen LogP contribution is -2.66. The third kappa shape index (κ3) is 17.8. The first-order valence-electron chi connectivity index (χ1n) is 38.7. The molecule has 3 aromatic heterocycles. The third-order valence-electron chi connectivity index (χ3n) is 23.0. The summed E-state index contributed by atoms with van der Waals surface area (Å²) >= 11 is 17.6. The summed E-state index contributed by atoms with van der Waals surface area (Å²) in [6.45, 7) is 8.31. The predicted octanol–water partition coefficient (Wildman–Crippen LogP) is 15.8. The minimum absolute atomic E-state index is 0. The van der Waals surface area contributed by atoms with Crippen LogP contribution < -0.4 is 30.5 Å². The van der Waals surface area contributed by atoms with Crippen LogP contribution >= 0.6 is 34.8 Å². The van der Waals surface area contributed by atoms with Gasteiger partial charge in [-0.1, -0.05) is 177 Å². The second-order valence-electron chi connectivity index (χ2n) is 30.2. The van der Waals surface area contributed by atoms with E-state index in [1.54, 1.807) is 79.0 Å². The number of benzene rings is 6. The van der Waals surface area contributed by atoms with Crippen molar-refractivity contribution in [2.24, 2.45) is 0 Å². The second kappa shape index (κ2) is 37.6. The van der Waals surface area contributed by atoms with Crippen LogP contribution in [0.2, 0.25) is 15.1 Å². The number of carbonyl (C=O) groups excluding carboxylic acids is 6. The molecule has 1 N–H and O–H groups in total. The van der Waals surface area contributed by atoms with E-state index in [0.29, 0.717) is 88.9 Å². The average Bonchev–Trinajstić information content (AvgIpc) is 0.726. The Kier molecular flexibility index (Phi) is 28.2.